The van der Waals surface area contributed by atoms with Gasteiger partial charge in [0.1, 0.15) is 6.10 Å². The smallest absolute Gasteiger partial charge is 0.111 e. The topological polar surface area (TPSA) is 85.2 Å². The molecule has 0 saturated carbocycles. The van der Waals surface area contributed by atoms with Crippen LogP contribution in [0, 0.1) is 5.92 Å². The van der Waals surface area contributed by atoms with Gasteiger partial charge in [-0.3, -0.25) is 4.98 Å². The number of aliphatic hydroxyl groups is 1. The van der Waals surface area contributed by atoms with Crippen LogP contribution in [-0.2, 0) is 0 Å². The van der Waals surface area contributed by atoms with Gasteiger partial charge in [-0.2, -0.15) is 0 Å². The first-order chi connectivity index (χ1) is 6.52. The van der Waals surface area contributed by atoms with Crippen molar-refractivity contribution in [3.8, 4) is 0 Å². The van der Waals surface area contributed by atoms with E-state index in [4.69, 9.17) is 11.5 Å². The van der Waals surface area contributed by atoms with Crippen molar-refractivity contribution in [1.82, 2.24) is 4.98 Å². The lowest BCUT2D eigenvalue weighted by Crippen LogP contribution is -2.33. The summed E-state index contributed by atoms with van der Waals surface area (Å²) >= 11 is 0. The highest BCUT2D eigenvalue weighted by atomic mass is 16.3. The van der Waals surface area contributed by atoms with Gasteiger partial charge in [-0.1, -0.05) is 13.8 Å². The third-order valence-electron chi connectivity index (χ3n) is 2.24. The monoisotopic (exact) mass is 195 g/mol. The Balaban J connectivity index is 2.83. The average molecular weight is 195 g/mol. The van der Waals surface area contributed by atoms with E-state index in [2.05, 4.69) is 4.98 Å². The van der Waals surface area contributed by atoms with Crippen LogP contribution in [0.3, 0.4) is 0 Å². The number of nitrogens with two attached hydrogens (primary N) is 2. The first-order valence-electron chi connectivity index (χ1n) is 4.67. The van der Waals surface area contributed by atoms with Gasteiger partial charge in [0.25, 0.3) is 0 Å². The number of hydrogen-bond acceptors (Lipinski definition) is 4. The molecule has 78 valence electrons. The summed E-state index contributed by atoms with van der Waals surface area (Å²) in [6.45, 7) is 3.92. The molecule has 0 fully saturated rings. The van der Waals surface area contributed by atoms with Crippen LogP contribution in [0.1, 0.15) is 25.6 Å². The molecule has 0 unspecified atom stereocenters. The van der Waals surface area contributed by atoms with E-state index in [-0.39, 0.29) is 12.0 Å². The van der Waals surface area contributed by atoms with Crippen molar-refractivity contribution in [2.75, 3.05) is 5.73 Å². The van der Waals surface area contributed by atoms with E-state index in [0.29, 0.717) is 11.4 Å². The summed E-state index contributed by atoms with van der Waals surface area (Å²) < 4.78 is 0. The zero-order valence-electron chi connectivity index (χ0n) is 8.51. The van der Waals surface area contributed by atoms with Crippen LogP contribution >= 0.6 is 0 Å². The highest BCUT2D eigenvalue weighted by Gasteiger charge is 2.20. The summed E-state index contributed by atoms with van der Waals surface area (Å²) in [4.78, 5) is 4.03. The van der Waals surface area contributed by atoms with Crippen LogP contribution in [0.4, 0.5) is 5.69 Å². The fraction of sp³-hybridized carbons (Fsp3) is 0.500. The molecule has 14 heavy (non-hydrogen) atoms. The molecule has 0 saturated heterocycles. The summed E-state index contributed by atoms with van der Waals surface area (Å²) in [7, 11) is 0. The first kappa shape index (κ1) is 10.9. The Morgan fingerprint density at radius 3 is 2.57 bits per heavy atom. The largest absolute Gasteiger partial charge is 0.399 e. The molecular formula is C10H17N3O. The van der Waals surface area contributed by atoms with Gasteiger partial charge in [0.15, 0.2) is 0 Å². The van der Waals surface area contributed by atoms with Gasteiger partial charge in [-0.15, -0.1) is 0 Å². The zero-order valence-corrected chi connectivity index (χ0v) is 8.51. The van der Waals surface area contributed by atoms with Gasteiger partial charge in [-0.05, 0) is 18.1 Å². The van der Waals surface area contributed by atoms with E-state index >= 15 is 0 Å². The van der Waals surface area contributed by atoms with E-state index in [1.807, 2.05) is 13.8 Å². The van der Waals surface area contributed by atoms with E-state index in [0.717, 1.165) is 0 Å². The number of hydrogen-bond donors (Lipinski definition) is 3. The Kier molecular flexibility index (Phi) is 3.43. The van der Waals surface area contributed by atoms with Crippen LogP contribution in [-0.4, -0.2) is 16.1 Å². The minimum Gasteiger partial charge on any atom is -0.399 e. The maximum absolute atomic E-state index is 9.84. The predicted octanol–water partition coefficient (Wildman–Crippen LogP) is 0.680. The Hall–Kier alpha value is -1.13. The maximum Gasteiger partial charge on any atom is 0.111 e. The molecule has 4 nitrogen and oxygen atoms in total. The Morgan fingerprint density at radius 2 is 2.07 bits per heavy atom. The van der Waals surface area contributed by atoms with E-state index < -0.39 is 6.10 Å². The van der Waals surface area contributed by atoms with Gasteiger partial charge >= 0.3 is 0 Å². The van der Waals surface area contributed by atoms with Gasteiger partial charge in [0, 0.05) is 17.9 Å². The molecule has 1 aromatic heterocycles. The summed E-state index contributed by atoms with van der Waals surface area (Å²) in [5.41, 5.74) is 12.5. The second-order valence-electron chi connectivity index (χ2n) is 3.78. The molecule has 1 heterocycles. The molecule has 0 spiro atoms. The highest BCUT2D eigenvalue weighted by molar-refractivity contribution is 5.38. The summed E-state index contributed by atoms with van der Waals surface area (Å²) in [6.07, 6.45) is 0.819. The molecule has 0 aliphatic rings. The molecule has 0 aliphatic heterocycles. The number of aromatic nitrogens is 1. The van der Waals surface area contributed by atoms with Crippen LogP contribution in [0.25, 0.3) is 0 Å². The number of aliphatic hydroxyl groups excluding tert-OH is 1. The summed E-state index contributed by atoms with van der Waals surface area (Å²) in [6, 6.07) is 3.01. The van der Waals surface area contributed by atoms with Crippen molar-refractivity contribution in [1.29, 1.82) is 0 Å². The van der Waals surface area contributed by atoms with Gasteiger partial charge in [-0.25, -0.2) is 0 Å². The van der Waals surface area contributed by atoms with Crippen LogP contribution in [0.5, 0.6) is 0 Å². The molecule has 0 bridgehead atoms. The van der Waals surface area contributed by atoms with E-state index in [1.54, 1.807) is 18.3 Å². The Bertz CT molecular complexity index is 301. The van der Waals surface area contributed by atoms with Crippen LogP contribution in [0.2, 0.25) is 0 Å². The zero-order chi connectivity index (χ0) is 10.7. The number of pyridine rings is 1. The van der Waals surface area contributed by atoms with Gasteiger partial charge in [0.2, 0.25) is 0 Å². The lowest BCUT2D eigenvalue weighted by Gasteiger charge is -2.21. The third kappa shape index (κ3) is 2.43. The van der Waals surface area contributed by atoms with Gasteiger partial charge < -0.3 is 16.6 Å². The number of nitrogens with zero attached hydrogens (tertiary/aromatic N) is 1. The third-order valence-corrected chi connectivity index (χ3v) is 2.24. The lowest BCUT2D eigenvalue weighted by atomic mass is 9.97. The number of rotatable bonds is 3. The van der Waals surface area contributed by atoms with Crippen LogP contribution in [0.15, 0.2) is 18.3 Å². The van der Waals surface area contributed by atoms with Crippen molar-refractivity contribution in [3.63, 3.8) is 0 Å². The van der Waals surface area contributed by atoms with Crippen molar-refractivity contribution in [2.24, 2.45) is 11.7 Å². The molecule has 0 amide bonds. The second-order valence-corrected chi connectivity index (χ2v) is 3.78. The lowest BCUT2D eigenvalue weighted by molar-refractivity contribution is 0.121. The van der Waals surface area contributed by atoms with Crippen molar-refractivity contribution >= 4 is 5.69 Å². The summed E-state index contributed by atoms with van der Waals surface area (Å²) in [5.74, 6) is 0.202. The van der Waals surface area contributed by atoms with Crippen molar-refractivity contribution in [3.05, 3.63) is 24.0 Å². The molecule has 0 radical (unpaired) electrons. The quantitative estimate of drug-likeness (QED) is 0.662. The van der Waals surface area contributed by atoms with Crippen molar-refractivity contribution < 1.29 is 5.11 Å². The van der Waals surface area contributed by atoms with Crippen LogP contribution < -0.4 is 11.5 Å². The Labute approximate surface area is 83.9 Å². The molecule has 2 atom stereocenters. The number of anilines is 1. The Morgan fingerprint density at radius 1 is 1.43 bits per heavy atom. The fourth-order valence-electron chi connectivity index (χ4n) is 1.19. The second kappa shape index (κ2) is 4.39. The van der Waals surface area contributed by atoms with Crippen molar-refractivity contribution in [2.45, 2.75) is 26.0 Å². The molecular weight excluding hydrogens is 178 g/mol. The first-order valence-corrected chi connectivity index (χ1v) is 4.67. The maximum atomic E-state index is 9.84. The molecule has 4 heteroatoms. The minimum absolute atomic E-state index is 0.202. The van der Waals surface area contributed by atoms with E-state index in [9.17, 15) is 5.11 Å². The predicted molar refractivity (Wildman–Crippen MR) is 56.4 cm³/mol. The molecule has 1 aromatic rings. The average Bonchev–Trinajstić information content (AvgIpc) is 2.15. The molecule has 5 N–H and O–H groups in total. The minimum atomic E-state index is -0.751. The summed E-state index contributed by atoms with van der Waals surface area (Å²) in [5, 5.41) is 9.84. The molecule has 0 aromatic carbocycles. The normalized spacial score (nSPS) is 15.5. The highest BCUT2D eigenvalue weighted by Crippen LogP contribution is 2.19. The van der Waals surface area contributed by atoms with E-state index in [1.165, 1.54) is 0 Å². The number of nitrogen functional groups attached to an aromatic ring is 1. The fourth-order valence-corrected chi connectivity index (χ4v) is 1.19. The molecule has 1 rings (SSSR count). The SMILES string of the molecule is CC(C)[C@H](N)[C@@H](O)c1cc(N)ccn1. The molecule has 0 aliphatic carbocycles. The standard InChI is InChI=1S/C10H17N3O/c1-6(2)9(12)10(14)8-5-7(11)3-4-13-8/h3-6,9-10,14H,12H2,1-2H3,(H2,11,13)/t9-,10-/m0/s1. The van der Waals surface area contributed by atoms with Gasteiger partial charge in [0.05, 0.1) is 5.69 Å².